The van der Waals surface area contributed by atoms with Crippen molar-refractivity contribution in [2.45, 2.75) is 18.9 Å². The van der Waals surface area contributed by atoms with E-state index in [1.165, 1.54) is 0 Å². The monoisotopic (exact) mass is 256 g/mol. The maximum atomic E-state index is 5.69. The molecule has 1 unspecified atom stereocenters. The molecule has 1 atom stereocenters. The van der Waals surface area contributed by atoms with Crippen molar-refractivity contribution in [3.63, 3.8) is 0 Å². The third-order valence-corrected chi connectivity index (χ3v) is 3.04. The van der Waals surface area contributed by atoms with E-state index >= 15 is 0 Å². The lowest BCUT2D eigenvalue weighted by atomic mass is 10.1. The second kappa shape index (κ2) is 7.54. The van der Waals surface area contributed by atoms with E-state index in [0.29, 0.717) is 6.04 Å². The molecule has 0 aliphatic carbocycles. The van der Waals surface area contributed by atoms with Gasteiger partial charge in [0.05, 0.1) is 12.3 Å². The normalized spacial score (nSPS) is 12.1. The number of rotatable bonds is 7. The van der Waals surface area contributed by atoms with Crippen LogP contribution in [0.1, 0.15) is 24.6 Å². The third kappa shape index (κ3) is 4.38. The summed E-state index contributed by atoms with van der Waals surface area (Å²) in [5, 5.41) is 3.30. The van der Waals surface area contributed by atoms with Crippen molar-refractivity contribution in [3.8, 4) is 5.75 Å². The van der Waals surface area contributed by atoms with Gasteiger partial charge < -0.3 is 10.1 Å². The first-order chi connectivity index (χ1) is 9.40. The number of para-hydroxylation sites is 1. The Bertz CT molecular complexity index is 459. The van der Waals surface area contributed by atoms with Crippen LogP contribution >= 0.6 is 0 Å². The fourth-order valence-corrected chi connectivity index (χ4v) is 2.02. The number of hydrogen-bond acceptors (Lipinski definition) is 3. The molecule has 0 amide bonds. The molecule has 0 aliphatic rings. The van der Waals surface area contributed by atoms with Crippen molar-refractivity contribution < 1.29 is 4.74 Å². The highest BCUT2D eigenvalue weighted by atomic mass is 16.5. The lowest BCUT2D eigenvalue weighted by Crippen LogP contribution is -2.18. The van der Waals surface area contributed by atoms with Crippen LogP contribution < -0.4 is 10.1 Å². The quantitative estimate of drug-likeness (QED) is 0.772. The second-order valence-electron chi connectivity index (χ2n) is 4.40. The van der Waals surface area contributed by atoms with E-state index in [0.717, 1.165) is 30.9 Å². The maximum Gasteiger partial charge on any atom is 0.119 e. The predicted octanol–water partition coefficient (Wildman–Crippen LogP) is 3.20. The molecule has 19 heavy (non-hydrogen) atoms. The van der Waals surface area contributed by atoms with Crippen molar-refractivity contribution in [3.05, 3.63) is 60.4 Å². The first-order valence-corrected chi connectivity index (χ1v) is 6.66. The molecule has 0 aliphatic heterocycles. The minimum Gasteiger partial charge on any atom is -0.494 e. The SMILES string of the molecule is CNC(CCCOc1ccccc1)c1ccccn1. The van der Waals surface area contributed by atoms with E-state index in [2.05, 4.69) is 16.4 Å². The number of nitrogens with zero attached hydrogens (tertiary/aromatic N) is 1. The highest BCUT2D eigenvalue weighted by Crippen LogP contribution is 2.16. The standard InChI is InChI=1S/C16H20N2O/c1-17-15(16-10-5-6-12-18-16)11-7-13-19-14-8-3-2-4-9-14/h2-6,8-10,12,15,17H,7,11,13H2,1H3. The third-order valence-electron chi connectivity index (χ3n) is 3.04. The summed E-state index contributed by atoms with van der Waals surface area (Å²) in [7, 11) is 1.97. The molecule has 0 fully saturated rings. The van der Waals surface area contributed by atoms with Crippen molar-refractivity contribution in [2.75, 3.05) is 13.7 Å². The number of aromatic nitrogens is 1. The molecule has 1 aromatic heterocycles. The van der Waals surface area contributed by atoms with Gasteiger partial charge >= 0.3 is 0 Å². The Morgan fingerprint density at radius 3 is 2.58 bits per heavy atom. The first-order valence-electron chi connectivity index (χ1n) is 6.66. The zero-order chi connectivity index (χ0) is 13.3. The topological polar surface area (TPSA) is 34.1 Å². The summed E-state index contributed by atoms with van der Waals surface area (Å²) in [5.74, 6) is 0.932. The van der Waals surface area contributed by atoms with Crippen molar-refractivity contribution in [1.29, 1.82) is 0 Å². The van der Waals surface area contributed by atoms with Crippen LogP contribution in [0.15, 0.2) is 54.7 Å². The fourth-order valence-electron chi connectivity index (χ4n) is 2.02. The Hall–Kier alpha value is -1.87. The van der Waals surface area contributed by atoms with Gasteiger partial charge in [0.15, 0.2) is 0 Å². The van der Waals surface area contributed by atoms with Gasteiger partial charge in [0.1, 0.15) is 5.75 Å². The summed E-state index contributed by atoms with van der Waals surface area (Å²) in [5.41, 5.74) is 1.09. The van der Waals surface area contributed by atoms with Gasteiger partial charge in [-0.3, -0.25) is 4.98 Å². The predicted molar refractivity (Wildman–Crippen MR) is 77.2 cm³/mol. The maximum absolute atomic E-state index is 5.69. The summed E-state index contributed by atoms with van der Waals surface area (Å²) in [6.45, 7) is 0.731. The second-order valence-corrected chi connectivity index (χ2v) is 4.40. The van der Waals surface area contributed by atoms with Gasteiger partial charge in [0.2, 0.25) is 0 Å². The fraction of sp³-hybridized carbons (Fsp3) is 0.312. The Morgan fingerprint density at radius 2 is 1.89 bits per heavy atom. The lowest BCUT2D eigenvalue weighted by molar-refractivity contribution is 0.297. The molecule has 3 nitrogen and oxygen atoms in total. The molecule has 1 N–H and O–H groups in total. The van der Waals surface area contributed by atoms with Crippen LogP contribution in [0, 0.1) is 0 Å². The van der Waals surface area contributed by atoms with Gasteiger partial charge in [0.25, 0.3) is 0 Å². The molecular formula is C16H20N2O. The molecule has 3 heteroatoms. The number of nitrogens with one attached hydrogen (secondary N) is 1. The van der Waals surface area contributed by atoms with Gasteiger partial charge in [-0.05, 0) is 44.2 Å². The minimum atomic E-state index is 0.292. The Balaban J connectivity index is 1.75. The minimum absolute atomic E-state index is 0.292. The van der Waals surface area contributed by atoms with E-state index in [1.54, 1.807) is 0 Å². The number of benzene rings is 1. The molecule has 1 aromatic carbocycles. The smallest absolute Gasteiger partial charge is 0.119 e. The summed E-state index contributed by atoms with van der Waals surface area (Å²) >= 11 is 0. The van der Waals surface area contributed by atoms with Crippen LogP contribution in [0.5, 0.6) is 5.75 Å². The van der Waals surface area contributed by atoms with Gasteiger partial charge in [-0.15, -0.1) is 0 Å². The molecule has 0 saturated carbocycles. The first kappa shape index (κ1) is 13.6. The molecule has 0 spiro atoms. The van der Waals surface area contributed by atoms with Gasteiger partial charge in [-0.1, -0.05) is 24.3 Å². The zero-order valence-electron chi connectivity index (χ0n) is 11.3. The van der Waals surface area contributed by atoms with Crippen molar-refractivity contribution in [1.82, 2.24) is 10.3 Å². The largest absolute Gasteiger partial charge is 0.494 e. The lowest BCUT2D eigenvalue weighted by Gasteiger charge is -2.15. The number of hydrogen-bond donors (Lipinski definition) is 1. The van der Waals surface area contributed by atoms with Crippen LogP contribution in [0.2, 0.25) is 0 Å². The van der Waals surface area contributed by atoms with E-state index in [9.17, 15) is 0 Å². The number of ether oxygens (including phenoxy) is 1. The molecule has 1 heterocycles. The molecule has 2 rings (SSSR count). The van der Waals surface area contributed by atoms with E-state index < -0.39 is 0 Å². The van der Waals surface area contributed by atoms with E-state index in [-0.39, 0.29) is 0 Å². The summed E-state index contributed by atoms with van der Waals surface area (Å²) in [6, 6.07) is 16.2. The van der Waals surface area contributed by atoms with Crippen LogP contribution in [0.25, 0.3) is 0 Å². The van der Waals surface area contributed by atoms with Crippen LogP contribution in [-0.2, 0) is 0 Å². The molecule has 0 radical (unpaired) electrons. The molecule has 100 valence electrons. The van der Waals surface area contributed by atoms with Crippen LogP contribution in [-0.4, -0.2) is 18.6 Å². The van der Waals surface area contributed by atoms with Crippen molar-refractivity contribution in [2.24, 2.45) is 0 Å². The Labute approximate surface area is 114 Å². The van der Waals surface area contributed by atoms with E-state index in [1.807, 2.05) is 55.7 Å². The van der Waals surface area contributed by atoms with Crippen molar-refractivity contribution >= 4 is 0 Å². The summed E-state index contributed by atoms with van der Waals surface area (Å²) in [4.78, 5) is 4.38. The molecule has 0 bridgehead atoms. The molecular weight excluding hydrogens is 236 g/mol. The van der Waals surface area contributed by atoms with Gasteiger partial charge in [-0.2, -0.15) is 0 Å². The summed E-state index contributed by atoms with van der Waals surface area (Å²) in [6.07, 6.45) is 3.84. The molecule has 2 aromatic rings. The van der Waals surface area contributed by atoms with Gasteiger partial charge in [0, 0.05) is 12.2 Å². The average Bonchev–Trinajstić information content (AvgIpc) is 2.49. The zero-order valence-corrected chi connectivity index (χ0v) is 11.3. The van der Waals surface area contributed by atoms with Gasteiger partial charge in [-0.25, -0.2) is 0 Å². The molecule has 0 saturated heterocycles. The summed E-state index contributed by atoms with van der Waals surface area (Å²) < 4.78 is 5.69. The van der Waals surface area contributed by atoms with E-state index in [4.69, 9.17) is 4.74 Å². The van der Waals surface area contributed by atoms with Crippen LogP contribution in [0.4, 0.5) is 0 Å². The number of pyridine rings is 1. The Morgan fingerprint density at radius 1 is 1.11 bits per heavy atom. The highest BCUT2D eigenvalue weighted by molar-refractivity contribution is 5.20. The highest BCUT2D eigenvalue weighted by Gasteiger charge is 2.09. The average molecular weight is 256 g/mol. The Kier molecular flexibility index (Phi) is 5.38. The van der Waals surface area contributed by atoms with Crippen LogP contribution in [0.3, 0.4) is 0 Å².